The van der Waals surface area contributed by atoms with Gasteiger partial charge in [0.25, 0.3) is 0 Å². The first-order valence-electron chi connectivity index (χ1n) is 6.13. The van der Waals surface area contributed by atoms with E-state index in [0.29, 0.717) is 0 Å². The fourth-order valence-corrected chi connectivity index (χ4v) is 4.11. The molecular weight excluding hydrogens is 236 g/mol. The summed E-state index contributed by atoms with van der Waals surface area (Å²) in [5, 5.41) is 38.1. The van der Waals surface area contributed by atoms with Gasteiger partial charge in [-0.1, -0.05) is 23.8 Å². The molecule has 4 aliphatic rings. The third kappa shape index (κ3) is 0.907. The summed E-state index contributed by atoms with van der Waals surface area (Å²) in [5.74, 6) is -0.476. The molecule has 0 unspecified atom stereocenters. The Kier molecular flexibility index (Phi) is 1.98. The molecule has 4 rings (SSSR count). The fraction of sp³-hybridized carbons (Fsp3) is 0.467. The predicted octanol–water partition coefficient (Wildman–Crippen LogP) is 2.06. The first kappa shape index (κ1) is 11.5. The van der Waals surface area contributed by atoms with Crippen LogP contribution in [0.3, 0.4) is 0 Å². The van der Waals surface area contributed by atoms with Crippen LogP contribution in [0.1, 0.15) is 6.92 Å². The molecule has 0 saturated heterocycles. The molecule has 0 heterocycles. The first-order valence-corrected chi connectivity index (χ1v) is 6.13. The van der Waals surface area contributed by atoms with Crippen LogP contribution >= 0.6 is 0 Å². The molecule has 1 saturated carbocycles. The van der Waals surface area contributed by atoms with Crippen LogP contribution in [0.25, 0.3) is 0 Å². The van der Waals surface area contributed by atoms with Gasteiger partial charge in [-0.15, -0.1) is 0 Å². The second-order valence-corrected chi connectivity index (χ2v) is 5.51. The van der Waals surface area contributed by atoms with E-state index in [9.17, 15) is 21.0 Å². The van der Waals surface area contributed by atoms with Crippen LogP contribution in [0.15, 0.2) is 23.8 Å². The van der Waals surface area contributed by atoms with E-state index in [1.54, 1.807) is 0 Å². The van der Waals surface area contributed by atoms with E-state index in [1.165, 1.54) is 0 Å². The van der Waals surface area contributed by atoms with Gasteiger partial charge in [-0.3, -0.25) is 0 Å². The molecule has 0 spiro atoms. The van der Waals surface area contributed by atoms with Crippen molar-refractivity contribution in [3.63, 3.8) is 0 Å². The molecule has 0 radical (unpaired) electrons. The van der Waals surface area contributed by atoms with Gasteiger partial charge in [0.2, 0.25) is 0 Å². The Labute approximate surface area is 111 Å². The van der Waals surface area contributed by atoms with Crippen molar-refractivity contribution in [2.75, 3.05) is 0 Å². The van der Waals surface area contributed by atoms with Gasteiger partial charge in [0.15, 0.2) is 10.8 Å². The minimum absolute atomic E-state index is 0.115. The van der Waals surface area contributed by atoms with E-state index in [-0.39, 0.29) is 23.7 Å². The molecule has 0 aromatic rings. The molecule has 0 amide bonds. The molecule has 0 aliphatic heterocycles. The van der Waals surface area contributed by atoms with Gasteiger partial charge in [0.05, 0.1) is 24.3 Å². The Morgan fingerprint density at radius 2 is 1.37 bits per heavy atom. The van der Waals surface area contributed by atoms with E-state index < -0.39 is 10.8 Å². The Morgan fingerprint density at radius 3 is 1.84 bits per heavy atom. The van der Waals surface area contributed by atoms with Crippen molar-refractivity contribution in [3.8, 4) is 24.3 Å². The van der Waals surface area contributed by atoms with Crippen LogP contribution in [0.2, 0.25) is 0 Å². The third-order valence-corrected chi connectivity index (χ3v) is 5.05. The van der Waals surface area contributed by atoms with Crippen LogP contribution in [-0.2, 0) is 0 Å². The minimum atomic E-state index is -1.56. The largest absolute Gasteiger partial charge is 0.196 e. The third-order valence-electron chi connectivity index (χ3n) is 5.05. The standard InChI is InChI=1S/C15H10N4/c1-9-4-10-11-2-3-12(13(9)10)15(7-18,8-19)14(11,5-16)6-17/h2-4,10-13H,1H3/t10-,11-,12-,13+/m1/s1. The minimum Gasteiger partial charge on any atom is -0.196 e. The normalized spacial score (nSPS) is 38.5. The van der Waals surface area contributed by atoms with Gasteiger partial charge >= 0.3 is 0 Å². The lowest BCUT2D eigenvalue weighted by molar-refractivity contribution is 0.00180. The number of fused-ring (bicyclic) bond motifs is 1. The average Bonchev–Trinajstić information content (AvgIpc) is 2.44. The molecule has 19 heavy (non-hydrogen) atoms. The number of hydrogen-bond donors (Lipinski definition) is 0. The van der Waals surface area contributed by atoms with Crippen molar-refractivity contribution >= 4 is 0 Å². The van der Waals surface area contributed by atoms with Gasteiger partial charge in [0, 0.05) is 11.8 Å². The molecule has 4 atom stereocenters. The molecule has 4 heteroatoms. The highest BCUT2D eigenvalue weighted by molar-refractivity contribution is 5.50. The van der Waals surface area contributed by atoms with Crippen LogP contribution in [-0.4, -0.2) is 0 Å². The lowest BCUT2D eigenvalue weighted by atomic mass is 9.38. The summed E-state index contributed by atoms with van der Waals surface area (Å²) in [7, 11) is 0. The van der Waals surface area contributed by atoms with Gasteiger partial charge in [0.1, 0.15) is 0 Å². The SMILES string of the molecule is CC1=C[C@H]2[C@H]1[C@H]1C=C[C@H]2C(C#N)(C#N)C1(C#N)C#N. The summed E-state index contributed by atoms with van der Waals surface area (Å²) in [6, 6.07) is 8.03. The number of hydrogen-bond acceptors (Lipinski definition) is 4. The van der Waals surface area contributed by atoms with Gasteiger partial charge in [-0.25, -0.2) is 0 Å². The van der Waals surface area contributed by atoms with Crippen molar-refractivity contribution in [1.82, 2.24) is 0 Å². The fourth-order valence-electron chi connectivity index (χ4n) is 4.11. The highest BCUT2D eigenvalue weighted by Crippen LogP contribution is 2.67. The molecule has 90 valence electrons. The van der Waals surface area contributed by atoms with E-state index in [0.717, 1.165) is 5.57 Å². The molecule has 1 fully saturated rings. The second-order valence-electron chi connectivity index (χ2n) is 5.51. The second kappa shape index (κ2) is 3.26. The molecule has 4 nitrogen and oxygen atoms in total. The molecule has 0 N–H and O–H groups in total. The van der Waals surface area contributed by atoms with E-state index in [2.05, 4.69) is 6.08 Å². The number of allylic oxidation sites excluding steroid dienone is 4. The summed E-state index contributed by atoms with van der Waals surface area (Å²) in [4.78, 5) is 0. The average molecular weight is 246 g/mol. The van der Waals surface area contributed by atoms with Gasteiger partial charge < -0.3 is 0 Å². The number of rotatable bonds is 0. The van der Waals surface area contributed by atoms with E-state index in [1.807, 2.05) is 43.4 Å². The maximum Gasteiger partial charge on any atom is 0.182 e. The highest BCUT2D eigenvalue weighted by atomic mass is 14.7. The lowest BCUT2D eigenvalue weighted by Gasteiger charge is -2.59. The molecule has 0 aromatic carbocycles. The van der Waals surface area contributed by atoms with Gasteiger partial charge in [-0.05, 0) is 18.8 Å². The first-order chi connectivity index (χ1) is 9.11. The Balaban J connectivity index is 2.33. The maximum atomic E-state index is 9.55. The predicted molar refractivity (Wildman–Crippen MR) is 64.2 cm³/mol. The summed E-state index contributed by atoms with van der Waals surface area (Å²) < 4.78 is 0. The Hall–Kier alpha value is -2.56. The molecule has 4 aliphatic carbocycles. The zero-order chi connectivity index (χ0) is 13.8. The van der Waals surface area contributed by atoms with Crippen molar-refractivity contribution in [3.05, 3.63) is 23.8 Å². The monoisotopic (exact) mass is 246 g/mol. The Bertz CT molecular complexity index is 658. The van der Waals surface area contributed by atoms with Crippen molar-refractivity contribution in [2.24, 2.45) is 34.5 Å². The molecule has 2 bridgehead atoms. The Morgan fingerprint density at radius 1 is 0.895 bits per heavy atom. The van der Waals surface area contributed by atoms with Crippen molar-refractivity contribution < 1.29 is 0 Å². The van der Waals surface area contributed by atoms with Crippen LogP contribution in [0.4, 0.5) is 0 Å². The highest BCUT2D eigenvalue weighted by Gasteiger charge is 2.72. The number of nitrogens with zero attached hydrogens (tertiary/aromatic N) is 4. The van der Waals surface area contributed by atoms with E-state index >= 15 is 0 Å². The maximum absolute atomic E-state index is 9.55. The summed E-state index contributed by atoms with van der Waals surface area (Å²) >= 11 is 0. The molecular formula is C15H10N4. The van der Waals surface area contributed by atoms with E-state index in [4.69, 9.17) is 0 Å². The zero-order valence-corrected chi connectivity index (χ0v) is 10.3. The number of nitriles is 4. The van der Waals surface area contributed by atoms with Crippen LogP contribution < -0.4 is 0 Å². The van der Waals surface area contributed by atoms with Crippen molar-refractivity contribution in [1.29, 1.82) is 21.0 Å². The summed E-state index contributed by atoms with van der Waals surface area (Å²) in [6.45, 7) is 1.98. The van der Waals surface area contributed by atoms with Crippen molar-refractivity contribution in [2.45, 2.75) is 6.92 Å². The summed E-state index contributed by atoms with van der Waals surface area (Å²) in [6.07, 6.45) is 5.78. The van der Waals surface area contributed by atoms with Crippen LogP contribution in [0, 0.1) is 79.8 Å². The van der Waals surface area contributed by atoms with Gasteiger partial charge in [-0.2, -0.15) is 21.0 Å². The smallest absolute Gasteiger partial charge is 0.182 e. The topological polar surface area (TPSA) is 95.2 Å². The summed E-state index contributed by atoms with van der Waals surface area (Å²) in [5.41, 5.74) is -1.97. The van der Waals surface area contributed by atoms with Crippen LogP contribution in [0.5, 0.6) is 0 Å². The molecule has 0 aromatic heterocycles. The quantitative estimate of drug-likeness (QED) is 0.611. The zero-order valence-electron chi connectivity index (χ0n) is 10.3. The lowest BCUT2D eigenvalue weighted by Crippen LogP contribution is -2.62.